The lowest BCUT2D eigenvalue weighted by molar-refractivity contribution is 0.602. The van der Waals surface area contributed by atoms with Crippen molar-refractivity contribution in [3.05, 3.63) is 30.7 Å². The number of nitrogens with zero attached hydrogens (tertiary/aromatic N) is 1. The maximum absolute atomic E-state index is 4.83. The van der Waals surface area contributed by atoms with Crippen LogP contribution in [0.3, 0.4) is 0 Å². The van der Waals surface area contributed by atoms with Crippen LogP contribution in [-0.2, 0) is 0 Å². The third-order valence-corrected chi connectivity index (χ3v) is 1.10. The Kier molecular flexibility index (Phi) is 0.729. The lowest BCUT2D eigenvalue weighted by Crippen LogP contribution is -1.67. The number of hydrogen-bond acceptors (Lipinski definition) is 2. The first-order valence-corrected chi connectivity index (χ1v) is 2.60. The van der Waals surface area contributed by atoms with Gasteiger partial charge >= 0.3 is 0 Å². The van der Waals surface area contributed by atoms with E-state index in [9.17, 15) is 0 Å². The molecule has 0 aliphatic rings. The molecule has 2 heterocycles. The van der Waals surface area contributed by atoms with Crippen molar-refractivity contribution in [1.29, 1.82) is 0 Å². The summed E-state index contributed by atoms with van der Waals surface area (Å²) < 4.78 is 4.83. The third kappa shape index (κ3) is 0.550. The van der Waals surface area contributed by atoms with E-state index in [1.54, 1.807) is 6.20 Å². The van der Waals surface area contributed by atoms with Crippen LogP contribution in [0.15, 0.2) is 22.7 Å². The number of aromatic nitrogens is 1. The van der Waals surface area contributed by atoms with Crippen LogP contribution in [-0.4, -0.2) is 4.98 Å². The maximum Gasteiger partial charge on any atom is 0.246 e. The molecule has 42 valence electrons. The molecular weight excluding hydrogens is 114 g/mol. The zero-order chi connectivity index (χ0) is 6.10. The fourth-order valence-corrected chi connectivity index (χ4v) is 0.696. The first-order chi connectivity index (χ1) is 4.47. The molecule has 0 bridgehead atoms. The van der Waals surface area contributed by atoms with Gasteiger partial charge in [0.25, 0.3) is 0 Å². The Morgan fingerprint density at radius 2 is 2.56 bits per heavy atom. The zero-order valence-corrected chi connectivity index (χ0v) is 4.59. The minimum atomic E-state index is 0.595. The van der Waals surface area contributed by atoms with E-state index in [1.165, 1.54) is 0 Å². The van der Waals surface area contributed by atoms with Crippen molar-refractivity contribution < 1.29 is 4.42 Å². The van der Waals surface area contributed by atoms with Gasteiger partial charge in [-0.15, -0.1) is 0 Å². The number of rotatable bonds is 0. The molecule has 2 heteroatoms. The van der Waals surface area contributed by atoms with E-state index in [2.05, 4.69) is 17.3 Å². The van der Waals surface area contributed by atoms with Crippen LogP contribution in [0.4, 0.5) is 0 Å². The molecule has 0 saturated carbocycles. The number of pyridine rings is 1. The van der Waals surface area contributed by atoms with Crippen molar-refractivity contribution >= 4 is 11.1 Å². The van der Waals surface area contributed by atoms with Gasteiger partial charge in [-0.1, -0.05) is 0 Å². The summed E-state index contributed by atoms with van der Waals surface area (Å²) >= 11 is 0. The molecule has 0 aromatic carbocycles. The molecule has 0 radical (unpaired) electrons. The molecule has 0 atom stereocenters. The molecule has 0 spiro atoms. The minimum absolute atomic E-state index is 0.595. The molecule has 0 aliphatic carbocycles. The van der Waals surface area contributed by atoms with Crippen molar-refractivity contribution in [3.8, 4) is 0 Å². The van der Waals surface area contributed by atoms with Gasteiger partial charge in [-0.2, -0.15) is 0 Å². The van der Waals surface area contributed by atoms with Crippen LogP contribution < -0.4 is 0 Å². The van der Waals surface area contributed by atoms with Gasteiger partial charge in [0.1, 0.15) is 6.26 Å². The van der Waals surface area contributed by atoms with Gasteiger partial charge in [0.2, 0.25) is 5.71 Å². The van der Waals surface area contributed by atoms with Gasteiger partial charge in [-0.25, -0.2) is 4.98 Å². The molecule has 0 amide bonds. The minimum Gasteiger partial charge on any atom is -0.386 e. The van der Waals surface area contributed by atoms with Gasteiger partial charge < -0.3 is 4.42 Å². The lowest BCUT2D eigenvalue weighted by Gasteiger charge is -1.79. The van der Waals surface area contributed by atoms with E-state index in [0.29, 0.717) is 5.71 Å². The fourth-order valence-electron chi connectivity index (χ4n) is 0.696. The highest BCUT2D eigenvalue weighted by Crippen LogP contribution is 2.04. The average Bonchev–Trinajstić information content (AvgIpc) is 2.33. The van der Waals surface area contributed by atoms with E-state index in [-0.39, 0.29) is 0 Å². The van der Waals surface area contributed by atoms with E-state index in [0.717, 1.165) is 5.39 Å². The van der Waals surface area contributed by atoms with Crippen LogP contribution in [0.5, 0.6) is 0 Å². The second kappa shape index (κ2) is 1.49. The molecule has 2 nitrogen and oxygen atoms in total. The Bertz CT molecular complexity index is 283. The SMILES string of the molecule is c1oc2ncccc2c#1. The number of fused-ring (bicyclic) bond motifs is 1. The summed E-state index contributed by atoms with van der Waals surface area (Å²) in [6.07, 6.45) is 4.15. The van der Waals surface area contributed by atoms with Crippen molar-refractivity contribution in [3.63, 3.8) is 0 Å². The highest BCUT2D eigenvalue weighted by atomic mass is 16.3. The largest absolute Gasteiger partial charge is 0.386 e. The molecule has 2 aromatic heterocycles. The smallest absolute Gasteiger partial charge is 0.246 e. The van der Waals surface area contributed by atoms with E-state index in [4.69, 9.17) is 4.42 Å². The van der Waals surface area contributed by atoms with E-state index < -0.39 is 0 Å². The van der Waals surface area contributed by atoms with E-state index >= 15 is 0 Å². The maximum atomic E-state index is 4.83. The van der Waals surface area contributed by atoms with Crippen LogP contribution in [0.1, 0.15) is 0 Å². The van der Waals surface area contributed by atoms with Crippen LogP contribution in [0.25, 0.3) is 11.1 Å². The second-order valence-corrected chi connectivity index (χ2v) is 1.69. The summed E-state index contributed by atoms with van der Waals surface area (Å²) in [5, 5.41) is 0.873. The van der Waals surface area contributed by atoms with Crippen LogP contribution in [0, 0.1) is 12.3 Å². The summed E-state index contributed by atoms with van der Waals surface area (Å²) in [4.78, 5) is 3.91. The highest BCUT2D eigenvalue weighted by molar-refractivity contribution is 5.69. The summed E-state index contributed by atoms with van der Waals surface area (Å²) in [5.41, 5.74) is 0.595. The molecule has 2 aromatic rings. The van der Waals surface area contributed by atoms with Gasteiger partial charge in [0, 0.05) is 6.20 Å². The van der Waals surface area contributed by atoms with Gasteiger partial charge in [-0.05, 0) is 18.2 Å². The Labute approximate surface area is 52.1 Å². The van der Waals surface area contributed by atoms with Gasteiger partial charge in [-0.3, -0.25) is 0 Å². The normalized spacial score (nSPS) is 9.33. The summed E-state index contributed by atoms with van der Waals surface area (Å²) in [7, 11) is 0. The summed E-state index contributed by atoms with van der Waals surface area (Å²) in [5.74, 6) is 0. The quantitative estimate of drug-likeness (QED) is 0.521. The molecular formula is C7H3NO. The standard InChI is InChI=1S/C7H3NO/c1-2-6-3-5-9-7(6)8-4-1/h1-2,4H. The van der Waals surface area contributed by atoms with Crippen LogP contribution >= 0.6 is 0 Å². The van der Waals surface area contributed by atoms with Crippen LogP contribution in [0.2, 0.25) is 0 Å². The van der Waals surface area contributed by atoms with Gasteiger partial charge in [0.05, 0.1) is 5.39 Å². The Morgan fingerprint density at radius 1 is 1.56 bits per heavy atom. The van der Waals surface area contributed by atoms with E-state index in [1.807, 2.05) is 12.1 Å². The molecule has 0 unspecified atom stereocenters. The Balaban J connectivity index is 2.95. The van der Waals surface area contributed by atoms with Crippen molar-refractivity contribution in [1.82, 2.24) is 4.98 Å². The summed E-state index contributed by atoms with van der Waals surface area (Å²) in [6, 6.07) is 6.48. The zero-order valence-electron chi connectivity index (χ0n) is 4.59. The van der Waals surface area contributed by atoms with Crippen molar-refractivity contribution in [2.75, 3.05) is 0 Å². The summed E-state index contributed by atoms with van der Waals surface area (Å²) in [6.45, 7) is 0. The fraction of sp³-hybridized carbons (Fsp3) is 0. The molecule has 0 N–H and O–H groups in total. The number of hydrogen-bond donors (Lipinski definition) is 0. The third-order valence-electron chi connectivity index (χ3n) is 1.10. The lowest BCUT2D eigenvalue weighted by atomic mass is 10.4. The monoisotopic (exact) mass is 117 g/mol. The second-order valence-electron chi connectivity index (χ2n) is 1.69. The molecule has 2 rings (SSSR count). The Morgan fingerprint density at radius 3 is 3.44 bits per heavy atom. The topological polar surface area (TPSA) is 26.0 Å². The molecule has 0 aliphatic heterocycles. The molecule has 9 heavy (non-hydrogen) atoms. The van der Waals surface area contributed by atoms with Crippen molar-refractivity contribution in [2.45, 2.75) is 0 Å². The molecule has 0 saturated heterocycles. The highest BCUT2D eigenvalue weighted by Gasteiger charge is 1.90. The Hall–Kier alpha value is -1.49. The first-order valence-electron chi connectivity index (χ1n) is 2.60. The predicted octanol–water partition coefficient (Wildman–Crippen LogP) is 1.43. The predicted molar refractivity (Wildman–Crippen MR) is 31.7 cm³/mol. The average molecular weight is 117 g/mol. The van der Waals surface area contributed by atoms with Gasteiger partial charge in [0.15, 0.2) is 0 Å². The van der Waals surface area contributed by atoms with Crippen molar-refractivity contribution in [2.24, 2.45) is 0 Å². The molecule has 0 fully saturated rings. The first kappa shape index (κ1) is 4.39.